The predicted molar refractivity (Wildman–Crippen MR) is 141 cm³/mol. The maximum atomic E-state index is 14.1. The van der Waals surface area contributed by atoms with Crippen LogP contribution in [0, 0.1) is 5.82 Å². The lowest BCUT2D eigenvalue weighted by atomic mass is 9.80. The highest BCUT2D eigenvalue weighted by Crippen LogP contribution is 2.52. The number of carboxylic acid groups (broad SMARTS) is 1. The van der Waals surface area contributed by atoms with Gasteiger partial charge in [0.1, 0.15) is 17.2 Å². The molecule has 0 aromatic heterocycles. The number of benzene rings is 4. The molecule has 0 bridgehead atoms. The van der Waals surface area contributed by atoms with Gasteiger partial charge in [-0.25, -0.2) is 14.0 Å². The SMILES string of the molecule is CC1(C)Oc2c(NC(=O)Nc3ccccc3F)cc(-c3ccccc3C(=O)O)cc2C1c1ccccc1. The van der Waals surface area contributed by atoms with Crippen LogP contribution in [-0.4, -0.2) is 22.7 Å². The van der Waals surface area contributed by atoms with Crippen LogP contribution in [0.2, 0.25) is 0 Å². The minimum Gasteiger partial charge on any atom is -0.484 e. The van der Waals surface area contributed by atoms with Gasteiger partial charge in [-0.05, 0) is 60.9 Å². The standard InChI is InChI=1S/C30H25FN2O4/c1-30(2)26(18-10-4-3-5-11-18)22-16-19(20-12-6-7-13-21(20)28(34)35)17-25(27(22)37-30)33-29(36)32-24-15-9-8-14-23(24)31/h3-17,26H,1-2H3,(H,34,35)(H2,32,33,36). The Hall–Kier alpha value is -4.65. The number of ether oxygens (including phenoxy) is 1. The average molecular weight is 497 g/mol. The van der Waals surface area contributed by atoms with Gasteiger partial charge in [0.15, 0.2) is 0 Å². The summed E-state index contributed by atoms with van der Waals surface area (Å²) in [5, 5.41) is 15.1. The molecule has 186 valence electrons. The Kier molecular flexibility index (Phi) is 6.13. The molecule has 1 heterocycles. The minimum absolute atomic E-state index is 0.0347. The molecule has 1 aliphatic heterocycles. The number of carbonyl (C=O) groups excluding carboxylic acids is 1. The number of aromatic carboxylic acids is 1. The van der Waals surface area contributed by atoms with Crippen molar-refractivity contribution in [2.75, 3.05) is 10.6 Å². The number of carboxylic acids is 1. The van der Waals surface area contributed by atoms with Crippen LogP contribution in [0.4, 0.5) is 20.6 Å². The molecule has 37 heavy (non-hydrogen) atoms. The summed E-state index contributed by atoms with van der Waals surface area (Å²) >= 11 is 0. The summed E-state index contributed by atoms with van der Waals surface area (Å²) in [4.78, 5) is 24.9. The summed E-state index contributed by atoms with van der Waals surface area (Å²) in [5.74, 6) is -1.32. The van der Waals surface area contributed by atoms with Gasteiger partial charge in [-0.3, -0.25) is 0 Å². The highest BCUT2D eigenvalue weighted by molar-refractivity contribution is 6.02. The zero-order chi connectivity index (χ0) is 26.2. The van der Waals surface area contributed by atoms with Gasteiger partial charge >= 0.3 is 12.0 Å². The summed E-state index contributed by atoms with van der Waals surface area (Å²) in [6.45, 7) is 3.94. The first kappa shape index (κ1) is 24.1. The molecule has 0 fully saturated rings. The van der Waals surface area contributed by atoms with Gasteiger partial charge in [0.25, 0.3) is 0 Å². The van der Waals surface area contributed by atoms with Crippen molar-refractivity contribution in [3.63, 3.8) is 0 Å². The predicted octanol–water partition coefficient (Wildman–Crippen LogP) is 7.14. The van der Waals surface area contributed by atoms with E-state index in [0.717, 1.165) is 11.1 Å². The van der Waals surface area contributed by atoms with Gasteiger partial charge in [-0.1, -0.05) is 60.7 Å². The number of nitrogens with one attached hydrogen (secondary N) is 2. The fourth-order valence-corrected chi connectivity index (χ4v) is 4.91. The number of anilines is 2. The summed E-state index contributed by atoms with van der Waals surface area (Å²) in [5.41, 5.74) is 2.82. The largest absolute Gasteiger partial charge is 0.484 e. The zero-order valence-corrected chi connectivity index (χ0v) is 20.3. The van der Waals surface area contributed by atoms with Crippen molar-refractivity contribution in [1.29, 1.82) is 0 Å². The van der Waals surface area contributed by atoms with Crippen LogP contribution < -0.4 is 15.4 Å². The second-order valence-corrected chi connectivity index (χ2v) is 9.40. The van der Waals surface area contributed by atoms with Crippen molar-refractivity contribution < 1.29 is 23.8 Å². The Morgan fingerprint density at radius 3 is 2.24 bits per heavy atom. The van der Waals surface area contributed by atoms with Crippen molar-refractivity contribution in [3.8, 4) is 16.9 Å². The van der Waals surface area contributed by atoms with E-state index in [2.05, 4.69) is 10.6 Å². The van der Waals surface area contributed by atoms with Crippen LogP contribution in [0.15, 0.2) is 91.0 Å². The Labute approximate surface area is 213 Å². The molecular weight excluding hydrogens is 471 g/mol. The number of urea groups is 1. The van der Waals surface area contributed by atoms with Crippen molar-refractivity contribution >= 4 is 23.4 Å². The first-order valence-corrected chi connectivity index (χ1v) is 11.8. The lowest BCUT2D eigenvalue weighted by Gasteiger charge is -2.26. The number of rotatable bonds is 5. The third-order valence-corrected chi connectivity index (χ3v) is 6.46. The number of hydrogen-bond acceptors (Lipinski definition) is 3. The Balaban J connectivity index is 1.64. The number of para-hydroxylation sites is 1. The van der Waals surface area contributed by atoms with Crippen LogP contribution >= 0.6 is 0 Å². The van der Waals surface area contributed by atoms with Crippen molar-refractivity contribution in [1.82, 2.24) is 0 Å². The maximum Gasteiger partial charge on any atom is 0.336 e. The number of amides is 2. The molecule has 0 aliphatic carbocycles. The number of carbonyl (C=O) groups is 2. The van der Waals surface area contributed by atoms with E-state index in [1.165, 1.54) is 24.3 Å². The summed E-state index contributed by atoms with van der Waals surface area (Å²) in [6.07, 6.45) is 0. The molecule has 0 saturated carbocycles. The molecule has 6 nitrogen and oxygen atoms in total. The normalized spacial score (nSPS) is 15.4. The molecule has 3 N–H and O–H groups in total. The summed E-state index contributed by atoms with van der Waals surface area (Å²) in [7, 11) is 0. The monoisotopic (exact) mass is 496 g/mol. The Bertz CT molecular complexity index is 1500. The second-order valence-electron chi connectivity index (χ2n) is 9.40. The van der Waals surface area contributed by atoms with E-state index in [4.69, 9.17) is 4.74 Å². The zero-order valence-electron chi connectivity index (χ0n) is 20.3. The van der Waals surface area contributed by atoms with E-state index < -0.39 is 23.4 Å². The minimum atomic E-state index is -1.06. The lowest BCUT2D eigenvalue weighted by Crippen LogP contribution is -2.31. The van der Waals surface area contributed by atoms with E-state index in [9.17, 15) is 19.1 Å². The molecule has 2 amide bonds. The van der Waals surface area contributed by atoms with Gasteiger partial charge in [0.2, 0.25) is 0 Å². The van der Waals surface area contributed by atoms with E-state index in [1.807, 2.05) is 50.2 Å². The smallest absolute Gasteiger partial charge is 0.336 e. The molecule has 0 spiro atoms. The topological polar surface area (TPSA) is 87.7 Å². The first-order valence-electron chi connectivity index (χ1n) is 11.8. The molecule has 4 aromatic rings. The maximum absolute atomic E-state index is 14.1. The van der Waals surface area contributed by atoms with Crippen molar-refractivity contribution in [3.05, 3.63) is 114 Å². The third-order valence-electron chi connectivity index (χ3n) is 6.46. The summed E-state index contributed by atoms with van der Waals surface area (Å²) in [6, 6.07) is 25.4. The van der Waals surface area contributed by atoms with Crippen molar-refractivity contribution in [2.24, 2.45) is 0 Å². The van der Waals surface area contributed by atoms with Gasteiger partial charge in [0.05, 0.1) is 22.9 Å². The third kappa shape index (κ3) is 4.63. The molecule has 5 rings (SSSR count). The number of fused-ring (bicyclic) bond motifs is 1. The van der Waals surface area contributed by atoms with Crippen LogP contribution in [0.1, 0.15) is 41.3 Å². The molecular formula is C30H25FN2O4. The highest BCUT2D eigenvalue weighted by Gasteiger charge is 2.44. The van der Waals surface area contributed by atoms with Crippen molar-refractivity contribution in [2.45, 2.75) is 25.4 Å². The van der Waals surface area contributed by atoms with Crippen LogP contribution in [0.5, 0.6) is 5.75 Å². The second kappa shape index (κ2) is 9.43. The molecule has 1 aliphatic rings. The van der Waals surface area contributed by atoms with Gasteiger partial charge < -0.3 is 20.5 Å². The molecule has 7 heteroatoms. The quantitative estimate of drug-likeness (QED) is 0.274. The van der Waals surface area contributed by atoms with Crippen LogP contribution in [0.3, 0.4) is 0 Å². The fraction of sp³-hybridized carbons (Fsp3) is 0.133. The highest BCUT2D eigenvalue weighted by atomic mass is 19.1. The van der Waals surface area contributed by atoms with Gasteiger partial charge in [0, 0.05) is 5.56 Å². The Morgan fingerprint density at radius 2 is 1.51 bits per heavy atom. The fourth-order valence-electron chi connectivity index (χ4n) is 4.91. The number of halogens is 1. The van der Waals surface area contributed by atoms with E-state index in [-0.39, 0.29) is 17.2 Å². The molecule has 1 atom stereocenters. The summed E-state index contributed by atoms with van der Waals surface area (Å²) < 4.78 is 20.5. The van der Waals surface area contributed by atoms with Gasteiger partial charge in [-0.15, -0.1) is 0 Å². The molecule has 1 unspecified atom stereocenters. The van der Waals surface area contributed by atoms with E-state index in [0.29, 0.717) is 22.6 Å². The van der Waals surface area contributed by atoms with E-state index in [1.54, 1.807) is 30.3 Å². The average Bonchev–Trinajstić information content (AvgIpc) is 3.16. The lowest BCUT2D eigenvalue weighted by molar-refractivity contribution is 0.0697. The molecule has 0 saturated heterocycles. The van der Waals surface area contributed by atoms with Gasteiger partial charge in [-0.2, -0.15) is 0 Å². The Morgan fingerprint density at radius 1 is 0.865 bits per heavy atom. The first-order chi connectivity index (χ1) is 17.7. The van der Waals surface area contributed by atoms with Crippen LogP contribution in [-0.2, 0) is 0 Å². The van der Waals surface area contributed by atoms with E-state index >= 15 is 0 Å². The van der Waals surface area contributed by atoms with Crippen LogP contribution in [0.25, 0.3) is 11.1 Å². The number of hydrogen-bond donors (Lipinski definition) is 3. The molecule has 4 aromatic carbocycles. The molecule has 0 radical (unpaired) electrons.